The first-order chi connectivity index (χ1) is 16.8. The summed E-state index contributed by atoms with van der Waals surface area (Å²) in [6.07, 6.45) is 0.664. The highest BCUT2D eigenvalue weighted by Gasteiger charge is 2.32. The van der Waals surface area contributed by atoms with Gasteiger partial charge in [-0.2, -0.15) is 13.2 Å². The number of benzene rings is 1. The molecule has 1 aliphatic carbocycles. The summed E-state index contributed by atoms with van der Waals surface area (Å²) in [5, 5.41) is 2.76. The predicted octanol–water partition coefficient (Wildman–Crippen LogP) is 4.10. The van der Waals surface area contributed by atoms with Crippen molar-refractivity contribution < 1.29 is 22.7 Å². The minimum Gasteiger partial charge on any atom is -0.494 e. The fourth-order valence-electron chi connectivity index (χ4n) is 4.48. The molecule has 8 nitrogen and oxygen atoms in total. The number of pyridine rings is 1. The van der Waals surface area contributed by atoms with Crippen LogP contribution in [0.1, 0.15) is 28.9 Å². The number of alkyl halides is 3. The van der Waals surface area contributed by atoms with Gasteiger partial charge < -0.3 is 20.4 Å². The molecule has 0 saturated heterocycles. The van der Waals surface area contributed by atoms with E-state index in [1.165, 1.54) is 19.5 Å². The van der Waals surface area contributed by atoms with Gasteiger partial charge in [-0.15, -0.1) is 0 Å². The van der Waals surface area contributed by atoms with E-state index in [-0.39, 0.29) is 6.42 Å². The van der Waals surface area contributed by atoms with Gasteiger partial charge in [0.25, 0.3) is 0 Å². The van der Waals surface area contributed by atoms with E-state index in [2.05, 4.69) is 20.3 Å². The molecule has 0 spiro atoms. The van der Waals surface area contributed by atoms with Gasteiger partial charge in [0.15, 0.2) is 5.82 Å². The Morgan fingerprint density at radius 3 is 2.71 bits per heavy atom. The molecule has 5 rings (SSSR count). The molecule has 1 aromatic carbocycles. The molecule has 35 heavy (non-hydrogen) atoms. The van der Waals surface area contributed by atoms with Crippen molar-refractivity contribution in [1.29, 1.82) is 0 Å². The summed E-state index contributed by atoms with van der Waals surface area (Å²) in [5.41, 5.74) is 10.6. The fraction of sp³-hybridized carbons (Fsp3) is 0.250. The molecule has 1 amide bonds. The summed E-state index contributed by atoms with van der Waals surface area (Å²) in [7, 11) is 1.49. The smallest absolute Gasteiger partial charge is 0.433 e. The lowest BCUT2D eigenvalue weighted by Crippen LogP contribution is -2.16. The van der Waals surface area contributed by atoms with Crippen molar-refractivity contribution in [3.8, 4) is 11.4 Å². The number of halogens is 3. The first kappa shape index (κ1) is 22.6. The third-order valence-electron chi connectivity index (χ3n) is 6.02. The summed E-state index contributed by atoms with van der Waals surface area (Å²) in [4.78, 5) is 24.6. The molecule has 0 saturated carbocycles. The van der Waals surface area contributed by atoms with Gasteiger partial charge in [-0.25, -0.2) is 9.97 Å². The van der Waals surface area contributed by atoms with Crippen molar-refractivity contribution in [3.63, 3.8) is 0 Å². The first-order valence-corrected chi connectivity index (χ1v) is 10.9. The number of aryl methyl sites for hydroxylation is 1. The molecule has 0 bridgehead atoms. The second-order valence-corrected chi connectivity index (χ2v) is 8.23. The van der Waals surface area contributed by atoms with Crippen LogP contribution in [0.3, 0.4) is 0 Å². The summed E-state index contributed by atoms with van der Waals surface area (Å²) < 4.78 is 45.7. The SMILES string of the molecule is COc1cc(-n2c3c(c4ncnc(N)c42)CCC3)ccc1NC(=O)Cc1ccc(C(F)(F)F)nc1. The Bertz CT molecular complexity index is 1430. The van der Waals surface area contributed by atoms with Crippen molar-refractivity contribution in [2.24, 2.45) is 0 Å². The Kier molecular flexibility index (Phi) is 5.54. The number of nitrogens with zero attached hydrogens (tertiary/aromatic N) is 4. The zero-order valence-electron chi connectivity index (χ0n) is 18.7. The quantitative estimate of drug-likeness (QED) is 0.444. The van der Waals surface area contributed by atoms with E-state index in [4.69, 9.17) is 10.5 Å². The molecule has 0 atom stereocenters. The number of nitrogen functional groups attached to an aromatic ring is 1. The van der Waals surface area contributed by atoms with Crippen LogP contribution in [0.25, 0.3) is 16.7 Å². The minimum absolute atomic E-state index is 0.139. The van der Waals surface area contributed by atoms with E-state index in [1.807, 2.05) is 10.6 Å². The van der Waals surface area contributed by atoms with E-state index < -0.39 is 17.8 Å². The first-order valence-electron chi connectivity index (χ1n) is 10.9. The van der Waals surface area contributed by atoms with Crippen molar-refractivity contribution >= 4 is 28.4 Å². The van der Waals surface area contributed by atoms with Crippen LogP contribution >= 0.6 is 0 Å². The normalized spacial score (nSPS) is 13.1. The third kappa shape index (κ3) is 4.13. The van der Waals surface area contributed by atoms with E-state index in [0.29, 0.717) is 22.8 Å². The lowest BCUT2D eigenvalue weighted by atomic mass is 10.1. The van der Waals surface area contributed by atoms with Crippen LogP contribution in [-0.4, -0.2) is 32.5 Å². The van der Waals surface area contributed by atoms with E-state index >= 15 is 0 Å². The number of amides is 1. The number of anilines is 2. The molecule has 0 aliphatic heterocycles. The van der Waals surface area contributed by atoms with Crippen LogP contribution in [-0.2, 0) is 30.2 Å². The Hall–Kier alpha value is -4.15. The van der Waals surface area contributed by atoms with Crippen LogP contribution in [0.4, 0.5) is 24.7 Å². The minimum atomic E-state index is -4.53. The average molecular weight is 482 g/mol. The standard InChI is InChI=1S/C24H21F3N6O2/c1-35-18-10-14(33-17-4-2-3-15(17)21-22(33)23(28)31-12-30-21)6-7-16(18)32-20(34)9-13-5-8-19(29-11-13)24(25,26)27/h5-8,10-12H,2-4,9H2,1H3,(H,32,34)(H2,28,30,31). The average Bonchev–Trinajstić information content (AvgIpc) is 3.41. The zero-order chi connectivity index (χ0) is 24.7. The summed E-state index contributed by atoms with van der Waals surface area (Å²) in [6, 6.07) is 7.43. The Morgan fingerprint density at radius 1 is 1.17 bits per heavy atom. The van der Waals surface area contributed by atoms with Crippen molar-refractivity contribution in [1.82, 2.24) is 19.5 Å². The number of rotatable bonds is 5. The van der Waals surface area contributed by atoms with Gasteiger partial charge >= 0.3 is 6.18 Å². The summed E-state index contributed by atoms with van der Waals surface area (Å²) >= 11 is 0. The molecule has 3 N–H and O–H groups in total. The van der Waals surface area contributed by atoms with Gasteiger partial charge in [0.1, 0.15) is 23.3 Å². The Labute approximate surface area is 198 Å². The van der Waals surface area contributed by atoms with Crippen molar-refractivity contribution in [2.45, 2.75) is 31.9 Å². The molecule has 0 unspecified atom stereocenters. The highest BCUT2D eigenvalue weighted by molar-refractivity contribution is 5.94. The summed E-state index contributed by atoms with van der Waals surface area (Å²) in [5.74, 6) is 0.388. The van der Waals surface area contributed by atoms with Crippen LogP contribution in [0.5, 0.6) is 5.75 Å². The van der Waals surface area contributed by atoms with Gasteiger partial charge in [0.2, 0.25) is 5.91 Å². The molecule has 0 radical (unpaired) electrons. The Morgan fingerprint density at radius 2 is 2.00 bits per heavy atom. The monoisotopic (exact) mass is 482 g/mol. The lowest BCUT2D eigenvalue weighted by Gasteiger charge is -2.15. The number of hydrogen-bond donors (Lipinski definition) is 2. The molecule has 4 aromatic rings. The maximum absolute atomic E-state index is 12.7. The maximum Gasteiger partial charge on any atom is 0.433 e. The molecule has 3 heterocycles. The zero-order valence-corrected chi connectivity index (χ0v) is 18.7. The third-order valence-corrected chi connectivity index (χ3v) is 6.02. The fourth-order valence-corrected chi connectivity index (χ4v) is 4.48. The topological polar surface area (TPSA) is 108 Å². The molecular weight excluding hydrogens is 461 g/mol. The number of aromatic nitrogens is 4. The van der Waals surface area contributed by atoms with Gasteiger partial charge in [-0.1, -0.05) is 6.07 Å². The highest BCUT2D eigenvalue weighted by Crippen LogP contribution is 2.38. The van der Waals surface area contributed by atoms with Gasteiger partial charge in [-0.3, -0.25) is 9.78 Å². The van der Waals surface area contributed by atoms with E-state index in [1.54, 1.807) is 12.1 Å². The van der Waals surface area contributed by atoms with E-state index in [9.17, 15) is 18.0 Å². The van der Waals surface area contributed by atoms with Gasteiger partial charge in [0.05, 0.1) is 24.7 Å². The number of methoxy groups -OCH3 is 1. The largest absolute Gasteiger partial charge is 0.494 e. The number of nitrogens with two attached hydrogens (primary N) is 1. The van der Waals surface area contributed by atoms with Crippen LogP contribution in [0.2, 0.25) is 0 Å². The maximum atomic E-state index is 12.7. The van der Waals surface area contributed by atoms with Gasteiger partial charge in [0, 0.05) is 23.6 Å². The van der Waals surface area contributed by atoms with Crippen LogP contribution in [0.15, 0.2) is 42.9 Å². The van der Waals surface area contributed by atoms with Crippen molar-refractivity contribution in [2.75, 3.05) is 18.2 Å². The molecule has 180 valence electrons. The molecular formula is C24H21F3N6O2. The Balaban J connectivity index is 1.42. The van der Waals surface area contributed by atoms with Crippen LogP contribution in [0, 0.1) is 0 Å². The number of fused-ring (bicyclic) bond motifs is 3. The number of carbonyl (C=O) groups is 1. The summed E-state index contributed by atoms with van der Waals surface area (Å²) in [6.45, 7) is 0. The van der Waals surface area contributed by atoms with E-state index in [0.717, 1.165) is 59.5 Å². The molecule has 0 fully saturated rings. The molecule has 3 aromatic heterocycles. The second kappa shape index (κ2) is 8.57. The van der Waals surface area contributed by atoms with Crippen molar-refractivity contribution in [3.05, 3.63) is 65.4 Å². The number of hydrogen-bond acceptors (Lipinski definition) is 6. The van der Waals surface area contributed by atoms with Gasteiger partial charge in [-0.05, 0) is 48.6 Å². The highest BCUT2D eigenvalue weighted by atomic mass is 19.4. The molecule has 11 heteroatoms. The second-order valence-electron chi connectivity index (χ2n) is 8.23. The predicted molar refractivity (Wildman–Crippen MR) is 123 cm³/mol. The number of nitrogens with one attached hydrogen (secondary N) is 1. The molecule has 1 aliphatic rings. The lowest BCUT2D eigenvalue weighted by molar-refractivity contribution is -0.141. The van der Waals surface area contributed by atoms with Crippen LogP contribution < -0.4 is 15.8 Å². The number of ether oxygens (including phenoxy) is 1. The number of carbonyl (C=O) groups excluding carboxylic acids is 1.